The van der Waals surface area contributed by atoms with Gasteiger partial charge in [0.2, 0.25) is 0 Å². The van der Waals surface area contributed by atoms with Crippen molar-refractivity contribution < 1.29 is 19.0 Å². The number of nitrogens with zero attached hydrogens (tertiary/aromatic N) is 4. The number of carbonyl (C=O) groups excluding carboxylic acids is 1. The Bertz CT molecular complexity index is 1140. The monoisotopic (exact) mass is 479 g/mol. The average Bonchev–Trinajstić information content (AvgIpc) is 3.02. The van der Waals surface area contributed by atoms with Crippen molar-refractivity contribution >= 4 is 29.0 Å². The molecule has 1 atom stereocenters. The smallest absolute Gasteiger partial charge is 0.410 e. The van der Waals surface area contributed by atoms with E-state index in [1.165, 1.54) is 5.57 Å². The number of anilines is 3. The third-order valence-electron chi connectivity index (χ3n) is 6.39. The molecule has 0 aliphatic carbocycles. The van der Waals surface area contributed by atoms with Crippen molar-refractivity contribution in [1.82, 2.24) is 14.9 Å². The van der Waals surface area contributed by atoms with Gasteiger partial charge in [-0.05, 0) is 57.4 Å². The van der Waals surface area contributed by atoms with Crippen LogP contribution < -0.4 is 15.0 Å². The van der Waals surface area contributed by atoms with E-state index in [0.29, 0.717) is 26.4 Å². The van der Waals surface area contributed by atoms with Gasteiger partial charge in [0, 0.05) is 19.6 Å². The lowest BCUT2D eigenvalue weighted by atomic mass is 9.96. The van der Waals surface area contributed by atoms with Crippen LogP contribution in [-0.2, 0) is 16.1 Å². The summed E-state index contributed by atoms with van der Waals surface area (Å²) in [4.78, 5) is 25.6. The number of hydrogen-bond acceptors (Lipinski definition) is 8. The first-order valence-electron chi connectivity index (χ1n) is 12.2. The van der Waals surface area contributed by atoms with Gasteiger partial charge in [-0.15, -0.1) is 0 Å². The molecule has 9 nitrogen and oxygen atoms in total. The van der Waals surface area contributed by atoms with Crippen molar-refractivity contribution in [2.24, 2.45) is 0 Å². The highest BCUT2D eigenvalue weighted by atomic mass is 16.6. The van der Waals surface area contributed by atoms with Gasteiger partial charge in [-0.3, -0.25) is 0 Å². The lowest BCUT2D eigenvalue weighted by Gasteiger charge is -2.34. The molecule has 5 rings (SSSR count). The summed E-state index contributed by atoms with van der Waals surface area (Å²) in [7, 11) is 0. The molecule has 186 valence electrons. The van der Waals surface area contributed by atoms with Crippen LogP contribution in [0.15, 0.2) is 30.6 Å². The number of ether oxygens (including phenoxy) is 3. The number of aromatic nitrogens is 2. The molecule has 0 radical (unpaired) electrons. The number of rotatable bonds is 2. The predicted molar refractivity (Wildman–Crippen MR) is 134 cm³/mol. The molecule has 2 aromatic rings. The van der Waals surface area contributed by atoms with E-state index in [2.05, 4.69) is 38.4 Å². The van der Waals surface area contributed by atoms with Crippen molar-refractivity contribution in [3.05, 3.63) is 41.7 Å². The first-order chi connectivity index (χ1) is 16.8. The van der Waals surface area contributed by atoms with Crippen LogP contribution in [0.25, 0.3) is 5.57 Å². The van der Waals surface area contributed by atoms with Gasteiger partial charge in [-0.2, -0.15) is 0 Å². The van der Waals surface area contributed by atoms with Crippen LogP contribution in [0.2, 0.25) is 0 Å². The van der Waals surface area contributed by atoms with E-state index >= 15 is 0 Å². The van der Waals surface area contributed by atoms with Crippen molar-refractivity contribution in [2.75, 3.05) is 43.1 Å². The van der Waals surface area contributed by atoms with Gasteiger partial charge in [0.25, 0.3) is 0 Å². The molecule has 3 aliphatic heterocycles. The lowest BCUT2D eigenvalue weighted by molar-refractivity contribution is 0.0209. The van der Waals surface area contributed by atoms with Gasteiger partial charge in [-0.1, -0.05) is 12.1 Å². The molecule has 1 unspecified atom stereocenters. The molecular weight excluding hydrogens is 446 g/mol. The van der Waals surface area contributed by atoms with Gasteiger partial charge < -0.3 is 29.3 Å². The number of benzene rings is 1. The molecule has 35 heavy (non-hydrogen) atoms. The fraction of sp³-hybridized carbons (Fsp3) is 0.500. The summed E-state index contributed by atoms with van der Waals surface area (Å²) in [5, 5.41) is 3.48. The number of carbonyl (C=O) groups is 1. The van der Waals surface area contributed by atoms with Gasteiger partial charge in [-0.25, -0.2) is 14.8 Å². The highest BCUT2D eigenvalue weighted by molar-refractivity contribution is 5.78. The molecule has 1 saturated heterocycles. The average molecular weight is 480 g/mol. The third kappa shape index (κ3) is 5.05. The van der Waals surface area contributed by atoms with E-state index in [9.17, 15) is 4.79 Å². The minimum Gasteiger partial charge on any atom is -0.486 e. The number of nitrogens with one attached hydrogen (secondary N) is 1. The maximum absolute atomic E-state index is 12.6. The third-order valence-corrected chi connectivity index (χ3v) is 6.39. The Morgan fingerprint density at radius 2 is 1.97 bits per heavy atom. The second-order valence-corrected chi connectivity index (χ2v) is 10.1. The number of morpholine rings is 1. The zero-order valence-electron chi connectivity index (χ0n) is 20.8. The number of hydrogen-bond donors (Lipinski definition) is 1. The Balaban J connectivity index is 1.37. The minimum atomic E-state index is -0.509. The summed E-state index contributed by atoms with van der Waals surface area (Å²) in [6.45, 7) is 11.7. The first kappa shape index (κ1) is 23.4. The molecule has 1 aromatic heterocycles. The number of fused-ring (bicyclic) bond motifs is 2. The van der Waals surface area contributed by atoms with Crippen LogP contribution in [0.5, 0.6) is 5.75 Å². The van der Waals surface area contributed by atoms with Crippen LogP contribution in [0, 0.1) is 0 Å². The fourth-order valence-corrected chi connectivity index (χ4v) is 4.65. The van der Waals surface area contributed by atoms with Crippen molar-refractivity contribution in [3.8, 4) is 5.75 Å². The maximum Gasteiger partial charge on any atom is 0.410 e. The van der Waals surface area contributed by atoms with Gasteiger partial charge in [0.05, 0.1) is 30.5 Å². The standard InChI is InChI=1S/C26H33N5O4/c1-17-13-19(7-8-31(17)25(32)35-26(2,3)4)18-5-6-22-21(14-18)29-23-20(15-34-22)24(28-16-27-23)30-9-11-33-12-10-30/h5-6,13-14,16-17H,7-12,15H2,1-4H3,(H,27,28,29). The molecule has 1 aromatic carbocycles. The molecule has 0 saturated carbocycles. The quantitative estimate of drug-likeness (QED) is 0.680. The second kappa shape index (κ2) is 9.37. The van der Waals surface area contributed by atoms with Gasteiger partial charge >= 0.3 is 6.09 Å². The highest BCUT2D eigenvalue weighted by Gasteiger charge is 2.29. The van der Waals surface area contributed by atoms with E-state index in [0.717, 1.165) is 53.7 Å². The molecule has 4 heterocycles. The minimum absolute atomic E-state index is 0.0545. The van der Waals surface area contributed by atoms with Gasteiger partial charge in [0.1, 0.15) is 35.9 Å². The topological polar surface area (TPSA) is 89.1 Å². The Kier molecular flexibility index (Phi) is 6.27. The molecule has 1 fully saturated rings. The second-order valence-electron chi connectivity index (χ2n) is 10.1. The predicted octanol–water partition coefficient (Wildman–Crippen LogP) is 4.36. The summed E-state index contributed by atoms with van der Waals surface area (Å²) in [6.07, 6.45) is 4.22. The number of amides is 1. The molecule has 0 spiro atoms. The molecule has 0 bridgehead atoms. The van der Waals surface area contributed by atoms with Crippen LogP contribution in [0.3, 0.4) is 0 Å². The molecule has 1 amide bonds. The van der Waals surface area contributed by atoms with Crippen LogP contribution in [0.4, 0.5) is 22.1 Å². The molecule has 3 aliphatic rings. The van der Waals surface area contributed by atoms with Crippen LogP contribution in [0.1, 0.15) is 45.2 Å². The molecule has 9 heteroatoms. The highest BCUT2D eigenvalue weighted by Crippen LogP contribution is 2.38. The normalized spacial score (nSPS) is 20.0. The van der Waals surface area contributed by atoms with E-state index in [1.807, 2.05) is 33.8 Å². The summed E-state index contributed by atoms with van der Waals surface area (Å²) in [5.41, 5.74) is 3.61. The Hall–Kier alpha value is -3.33. The largest absolute Gasteiger partial charge is 0.486 e. The Morgan fingerprint density at radius 1 is 1.17 bits per heavy atom. The van der Waals surface area contributed by atoms with Crippen LogP contribution >= 0.6 is 0 Å². The summed E-state index contributed by atoms with van der Waals surface area (Å²) in [5.74, 6) is 2.43. The van der Waals surface area contributed by atoms with Crippen molar-refractivity contribution in [1.29, 1.82) is 0 Å². The summed E-state index contributed by atoms with van der Waals surface area (Å²) >= 11 is 0. The Morgan fingerprint density at radius 3 is 2.71 bits per heavy atom. The SMILES string of the molecule is CC1C=C(c2ccc3c(c2)Nc2ncnc(N4CCOCC4)c2CO3)CCN1C(=O)OC(C)(C)C. The zero-order chi connectivity index (χ0) is 24.6. The molecular formula is C26H33N5O4. The van der Waals surface area contributed by atoms with Crippen molar-refractivity contribution in [3.63, 3.8) is 0 Å². The van der Waals surface area contributed by atoms with E-state index in [1.54, 1.807) is 11.2 Å². The lowest BCUT2D eigenvalue weighted by Crippen LogP contribution is -2.43. The summed E-state index contributed by atoms with van der Waals surface area (Å²) < 4.78 is 17.2. The van der Waals surface area contributed by atoms with E-state index < -0.39 is 5.60 Å². The maximum atomic E-state index is 12.6. The van der Waals surface area contributed by atoms with E-state index in [-0.39, 0.29) is 12.1 Å². The van der Waals surface area contributed by atoms with Crippen LogP contribution in [-0.4, -0.2) is 65.5 Å². The summed E-state index contributed by atoms with van der Waals surface area (Å²) in [6, 6.07) is 6.12. The van der Waals surface area contributed by atoms with Gasteiger partial charge in [0.15, 0.2) is 0 Å². The fourth-order valence-electron chi connectivity index (χ4n) is 4.65. The zero-order valence-corrected chi connectivity index (χ0v) is 20.8. The van der Waals surface area contributed by atoms with Crippen molar-refractivity contribution in [2.45, 2.75) is 52.4 Å². The molecule has 1 N–H and O–H groups in total. The first-order valence-corrected chi connectivity index (χ1v) is 12.2. The Labute approximate surface area is 206 Å². The van der Waals surface area contributed by atoms with E-state index in [4.69, 9.17) is 14.2 Å².